The Morgan fingerprint density at radius 3 is 2.79 bits per heavy atom. The molecule has 2 heterocycles. The van der Waals surface area contributed by atoms with Crippen LogP contribution in [0, 0.1) is 12.3 Å². The molecule has 1 aromatic carbocycles. The third kappa shape index (κ3) is 4.49. The maximum absolute atomic E-state index is 12.1. The number of rotatable bonds is 6. The van der Waals surface area contributed by atoms with Gasteiger partial charge in [0, 0.05) is 29.7 Å². The molecule has 1 aliphatic heterocycles. The zero-order chi connectivity index (χ0) is 20.5. The van der Waals surface area contributed by atoms with Gasteiger partial charge in [-0.1, -0.05) is 39.3 Å². The van der Waals surface area contributed by atoms with Crippen molar-refractivity contribution in [2.75, 3.05) is 0 Å². The lowest BCUT2D eigenvalue weighted by molar-refractivity contribution is -0.159. The van der Waals surface area contributed by atoms with E-state index in [9.17, 15) is 4.79 Å². The number of benzene rings is 1. The van der Waals surface area contributed by atoms with Crippen molar-refractivity contribution in [1.29, 1.82) is 0 Å². The normalized spacial score (nSPS) is 18.3. The molecule has 3 rings (SSSR count). The van der Waals surface area contributed by atoms with Gasteiger partial charge < -0.3 is 9.47 Å². The van der Waals surface area contributed by atoms with Crippen LogP contribution in [0.2, 0.25) is 5.02 Å². The van der Waals surface area contributed by atoms with E-state index >= 15 is 0 Å². The molecule has 0 spiro atoms. The summed E-state index contributed by atoms with van der Waals surface area (Å²) in [5.74, 6) is 0.688. The van der Waals surface area contributed by atoms with Gasteiger partial charge in [0.15, 0.2) is 0 Å². The smallest absolute Gasteiger partial charge is 0.305 e. The first-order valence-electron chi connectivity index (χ1n) is 9.68. The van der Waals surface area contributed by atoms with Crippen molar-refractivity contribution < 1.29 is 14.3 Å². The molecule has 6 nitrogen and oxygen atoms in total. The second kappa shape index (κ2) is 8.11. The molecule has 0 saturated carbocycles. The van der Waals surface area contributed by atoms with E-state index < -0.39 is 0 Å². The largest absolute Gasteiger partial charge is 0.489 e. The van der Waals surface area contributed by atoms with Gasteiger partial charge in [0.2, 0.25) is 0 Å². The van der Waals surface area contributed by atoms with E-state index in [4.69, 9.17) is 21.1 Å². The van der Waals surface area contributed by atoms with Crippen LogP contribution in [0.25, 0.3) is 0 Å². The van der Waals surface area contributed by atoms with Crippen LogP contribution in [0.1, 0.15) is 57.7 Å². The van der Waals surface area contributed by atoms with Gasteiger partial charge in [0.25, 0.3) is 0 Å². The van der Waals surface area contributed by atoms with Gasteiger partial charge in [-0.15, -0.1) is 0 Å². The van der Waals surface area contributed by atoms with Gasteiger partial charge in [0.1, 0.15) is 30.6 Å². The summed E-state index contributed by atoms with van der Waals surface area (Å²) in [6.45, 7) is 10.0. The maximum atomic E-state index is 12.1. The first-order valence-corrected chi connectivity index (χ1v) is 10.1. The van der Waals surface area contributed by atoms with Gasteiger partial charge in [-0.3, -0.25) is 4.79 Å². The monoisotopic (exact) mass is 405 g/mol. The minimum atomic E-state index is -0.362. The van der Waals surface area contributed by atoms with Crippen molar-refractivity contribution in [1.82, 2.24) is 14.8 Å². The van der Waals surface area contributed by atoms with Crippen molar-refractivity contribution in [2.24, 2.45) is 5.41 Å². The Labute approximate surface area is 171 Å². The lowest BCUT2D eigenvalue weighted by Gasteiger charge is -2.37. The quantitative estimate of drug-likeness (QED) is 0.660. The Hall–Kier alpha value is -2.08. The zero-order valence-electron chi connectivity index (χ0n) is 17.1. The van der Waals surface area contributed by atoms with E-state index in [-0.39, 0.29) is 29.6 Å². The predicted molar refractivity (Wildman–Crippen MR) is 108 cm³/mol. The average molecular weight is 406 g/mol. The van der Waals surface area contributed by atoms with Gasteiger partial charge >= 0.3 is 5.97 Å². The van der Waals surface area contributed by atoms with Crippen molar-refractivity contribution >= 4 is 17.6 Å². The molecule has 28 heavy (non-hydrogen) atoms. The number of esters is 1. The molecule has 0 N–H and O–H groups in total. The number of carbonyl (C=O) groups excluding carboxylic acids is 1. The zero-order valence-corrected chi connectivity index (χ0v) is 17.9. The molecule has 0 fully saturated rings. The van der Waals surface area contributed by atoms with Crippen molar-refractivity contribution in [2.45, 2.75) is 72.1 Å². The minimum Gasteiger partial charge on any atom is -0.489 e. The predicted octanol–water partition coefficient (Wildman–Crippen LogP) is 4.54. The van der Waals surface area contributed by atoms with E-state index in [0.717, 1.165) is 28.3 Å². The molecule has 0 saturated heterocycles. The highest BCUT2D eigenvalue weighted by molar-refractivity contribution is 6.30. The van der Waals surface area contributed by atoms with E-state index in [0.29, 0.717) is 12.8 Å². The molecule has 152 valence electrons. The molecule has 1 aliphatic rings. The lowest BCUT2D eigenvalue weighted by atomic mass is 9.82. The molecule has 0 bridgehead atoms. The average Bonchev–Trinajstić information content (AvgIpc) is 3.26. The summed E-state index contributed by atoms with van der Waals surface area (Å²) in [5, 5.41) is 5.06. The number of nitrogens with zero attached hydrogens (tertiary/aromatic N) is 3. The maximum Gasteiger partial charge on any atom is 0.305 e. The van der Waals surface area contributed by atoms with Crippen molar-refractivity contribution in [3.05, 3.63) is 40.9 Å². The van der Waals surface area contributed by atoms with Crippen LogP contribution in [0.4, 0.5) is 0 Å². The second-order valence-electron chi connectivity index (χ2n) is 8.46. The number of hydrogen-bond acceptors (Lipinski definition) is 5. The summed E-state index contributed by atoms with van der Waals surface area (Å²) in [7, 11) is 0. The molecule has 0 aliphatic carbocycles. The molecule has 3 unspecified atom stereocenters. The van der Waals surface area contributed by atoms with Crippen LogP contribution < -0.4 is 4.74 Å². The van der Waals surface area contributed by atoms with E-state index in [2.05, 4.69) is 30.9 Å². The summed E-state index contributed by atoms with van der Waals surface area (Å²) in [6.07, 6.45) is 4.51. The Balaban J connectivity index is 1.87. The van der Waals surface area contributed by atoms with Crippen LogP contribution >= 0.6 is 11.6 Å². The standard InChI is InChI=1S/C21H28ClN3O3/c1-6-18(26)28-20(21(3,4)5)17(25-12-23-11-24-25)10-16-9-14-8-15(22)7-13(2)19(14)27-16/h7-8,11-12,16-17,20H,6,9-10H2,1-5H3. The third-order valence-electron chi connectivity index (χ3n) is 5.08. The second-order valence-corrected chi connectivity index (χ2v) is 8.90. The Kier molecular flexibility index (Phi) is 5.98. The van der Waals surface area contributed by atoms with E-state index in [1.807, 2.05) is 19.1 Å². The highest BCUT2D eigenvalue weighted by atomic mass is 35.5. The number of aromatic nitrogens is 3. The Morgan fingerprint density at radius 2 is 2.18 bits per heavy atom. The molecule has 0 amide bonds. The fourth-order valence-corrected chi connectivity index (χ4v) is 4.09. The van der Waals surface area contributed by atoms with Crippen LogP contribution in [0.15, 0.2) is 24.8 Å². The van der Waals surface area contributed by atoms with Gasteiger partial charge in [0.05, 0.1) is 6.04 Å². The fourth-order valence-electron chi connectivity index (χ4n) is 3.79. The van der Waals surface area contributed by atoms with Crippen LogP contribution in [-0.2, 0) is 16.0 Å². The molecule has 3 atom stereocenters. The Bertz CT molecular complexity index is 830. The number of fused-ring (bicyclic) bond motifs is 1. The SMILES string of the molecule is CCC(=O)OC(C(CC1Cc2cc(Cl)cc(C)c2O1)n1cncn1)C(C)(C)C. The molecular weight excluding hydrogens is 378 g/mol. The molecule has 0 radical (unpaired) electrons. The van der Waals surface area contributed by atoms with E-state index in [1.54, 1.807) is 17.9 Å². The molecular formula is C21H28ClN3O3. The summed E-state index contributed by atoms with van der Waals surface area (Å²) in [5.41, 5.74) is 1.88. The Morgan fingerprint density at radius 1 is 1.43 bits per heavy atom. The third-order valence-corrected chi connectivity index (χ3v) is 5.30. The van der Waals surface area contributed by atoms with Gasteiger partial charge in [-0.25, -0.2) is 9.67 Å². The summed E-state index contributed by atoms with van der Waals surface area (Å²) < 4.78 is 13.9. The fraction of sp³-hybridized carbons (Fsp3) is 0.571. The summed E-state index contributed by atoms with van der Waals surface area (Å²) in [6, 6.07) is 3.69. The topological polar surface area (TPSA) is 66.2 Å². The number of ether oxygens (including phenoxy) is 2. The highest BCUT2D eigenvalue weighted by Gasteiger charge is 2.40. The van der Waals surface area contributed by atoms with E-state index in [1.165, 1.54) is 6.33 Å². The molecule has 2 aromatic rings. The van der Waals surface area contributed by atoms with Gasteiger partial charge in [-0.05, 0) is 30.2 Å². The van der Waals surface area contributed by atoms with Crippen LogP contribution in [0.3, 0.4) is 0 Å². The number of hydrogen-bond donors (Lipinski definition) is 0. The number of halogens is 1. The minimum absolute atomic E-state index is 0.0495. The van der Waals surface area contributed by atoms with Crippen LogP contribution in [-0.4, -0.2) is 32.9 Å². The first kappa shape index (κ1) is 20.6. The summed E-state index contributed by atoms with van der Waals surface area (Å²) in [4.78, 5) is 16.2. The van der Waals surface area contributed by atoms with Crippen molar-refractivity contribution in [3.8, 4) is 5.75 Å². The molecule has 1 aromatic heterocycles. The number of aryl methyl sites for hydroxylation is 1. The number of carbonyl (C=O) groups is 1. The summed E-state index contributed by atoms with van der Waals surface area (Å²) >= 11 is 6.21. The van der Waals surface area contributed by atoms with Crippen LogP contribution in [0.5, 0.6) is 5.75 Å². The molecule has 7 heteroatoms. The highest BCUT2D eigenvalue weighted by Crippen LogP contribution is 2.40. The lowest BCUT2D eigenvalue weighted by Crippen LogP contribution is -2.41. The van der Waals surface area contributed by atoms with Crippen molar-refractivity contribution in [3.63, 3.8) is 0 Å². The first-order chi connectivity index (χ1) is 13.2. The van der Waals surface area contributed by atoms with Gasteiger partial charge in [-0.2, -0.15) is 5.10 Å².